The number of carbonyl (C=O) groups is 1. The summed E-state index contributed by atoms with van der Waals surface area (Å²) < 4.78 is 5.06. The van der Waals surface area contributed by atoms with Crippen molar-refractivity contribution < 1.29 is 9.53 Å². The van der Waals surface area contributed by atoms with Crippen molar-refractivity contribution in [3.8, 4) is 0 Å². The molecule has 3 heteroatoms. The minimum atomic E-state index is -0.595. The molecule has 3 nitrogen and oxygen atoms in total. The van der Waals surface area contributed by atoms with Gasteiger partial charge in [-0.2, -0.15) is 0 Å². The SMILES string of the molecule is C=C(C)CCOC(=O)[C@@H](N)Cc1ccccc1. The number of ether oxygens (including phenoxy) is 1. The zero-order valence-corrected chi connectivity index (χ0v) is 10.2. The van der Waals surface area contributed by atoms with E-state index < -0.39 is 6.04 Å². The molecule has 0 saturated heterocycles. The molecule has 0 aromatic heterocycles. The van der Waals surface area contributed by atoms with Gasteiger partial charge in [0, 0.05) is 6.42 Å². The van der Waals surface area contributed by atoms with E-state index in [0.29, 0.717) is 19.4 Å². The van der Waals surface area contributed by atoms with Crippen molar-refractivity contribution in [3.05, 3.63) is 48.0 Å². The van der Waals surface area contributed by atoms with Crippen molar-refractivity contribution in [3.63, 3.8) is 0 Å². The van der Waals surface area contributed by atoms with Gasteiger partial charge < -0.3 is 10.5 Å². The Hall–Kier alpha value is -1.61. The lowest BCUT2D eigenvalue weighted by molar-refractivity contribution is -0.145. The van der Waals surface area contributed by atoms with Crippen molar-refractivity contribution in [1.82, 2.24) is 0 Å². The molecule has 92 valence electrons. The van der Waals surface area contributed by atoms with Crippen molar-refractivity contribution in [2.45, 2.75) is 25.8 Å². The Morgan fingerprint density at radius 2 is 2.06 bits per heavy atom. The average molecular weight is 233 g/mol. The van der Waals surface area contributed by atoms with Gasteiger partial charge in [0.1, 0.15) is 6.04 Å². The minimum Gasteiger partial charge on any atom is -0.464 e. The maximum Gasteiger partial charge on any atom is 0.323 e. The van der Waals surface area contributed by atoms with E-state index in [0.717, 1.165) is 11.1 Å². The van der Waals surface area contributed by atoms with E-state index in [4.69, 9.17) is 10.5 Å². The van der Waals surface area contributed by atoms with Gasteiger partial charge in [0.25, 0.3) is 0 Å². The number of esters is 1. The highest BCUT2D eigenvalue weighted by Gasteiger charge is 2.15. The van der Waals surface area contributed by atoms with Crippen LogP contribution in [0.15, 0.2) is 42.5 Å². The monoisotopic (exact) mass is 233 g/mol. The number of carbonyl (C=O) groups excluding carboxylic acids is 1. The molecule has 1 aromatic rings. The maximum absolute atomic E-state index is 11.6. The van der Waals surface area contributed by atoms with Crippen LogP contribution in [-0.4, -0.2) is 18.6 Å². The Morgan fingerprint density at radius 3 is 2.65 bits per heavy atom. The van der Waals surface area contributed by atoms with Gasteiger partial charge >= 0.3 is 5.97 Å². The maximum atomic E-state index is 11.6. The summed E-state index contributed by atoms with van der Waals surface area (Å²) in [6.45, 7) is 6.00. The molecule has 0 radical (unpaired) electrons. The Morgan fingerprint density at radius 1 is 1.41 bits per heavy atom. The highest BCUT2D eigenvalue weighted by atomic mass is 16.5. The van der Waals surface area contributed by atoms with Crippen LogP contribution < -0.4 is 5.73 Å². The van der Waals surface area contributed by atoms with Crippen LogP contribution in [0, 0.1) is 0 Å². The van der Waals surface area contributed by atoms with E-state index in [1.165, 1.54) is 0 Å². The normalized spacial score (nSPS) is 11.9. The molecular formula is C14H19NO2. The van der Waals surface area contributed by atoms with Gasteiger partial charge in [-0.25, -0.2) is 0 Å². The summed E-state index contributed by atoms with van der Waals surface area (Å²) in [5, 5.41) is 0. The first-order chi connectivity index (χ1) is 8.09. The molecule has 0 saturated carbocycles. The molecule has 1 rings (SSSR count). The van der Waals surface area contributed by atoms with Crippen LogP contribution in [0.2, 0.25) is 0 Å². The molecule has 0 aliphatic carbocycles. The second-order valence-corrected chi connectivity index (χ2v) is 4.17. The average Bonchev–Trinajstić information content (AvgIpc) is 2.29. The van der Waals surface area contributed by atoms with E-state index in [9.17, 15) is 4.79 Å². The third-order valence-corrected chi connectivity index (χ3v) is 2.37. The summed E-state index contributed by atoms with van der Waals surface area (Å²) in [5.41, 5.74) is 7.80. The molecule has 0 spiro atoms. The second-order valence-electron chi connectivity index (χ2n) is 4.17. The van der Waals surface area contributed by atoms with Gasteiger partial charge in [-0.1, -0.05) is 35.9 Å². The fourth-order valence-corrected chi connectivity index (χ4v) is 1.38. The van der Waals surface area contributed by atoms with E-state index in [-0.39, 0.29) is 5.97 Å². The molecule has 0 amide bonds. The zero-order chi connectivity index (χ0) is 12.7. The lowest BCUT2D eigenvalue weighted by Crippen LogP contribution is -2.34. The van der Waals surface area contributed by atoms with Crippen LogP contribution in [0.1, 0.15) is 18.9 Å². The molecule has 0 aliphatic heterocycles. The summed E-state index contributed by atoms with van der Waals surface area (Å²) in [6.07, 6.45) is 1.19. The molecule has 0 aliphatic rings. The Balaban J connectivity index is 2.34. The predicted octanol–water partition coefficient (Wildman–Crippen LogP) is 2.07. The lowest BCUT2D eigenvalue weighted by atomic mass is 10.1. The molecule has 0 unspecified atom stereocenters. The smallest absolute Gasteiger partial charge is 0.323 e. The summed E-state index contributed by atoms with van der Waals surface area (Å²) in [7, 11) is 0. The van der Waals surface area contributed by atoms with Crippen LogP contribution in [0.3, 0.4) is 0 Å². The van der Waals surface area contributed by atoms with Crippen LogP contribution in [0.4, 0.5) is 0 Å². The quantitative estimate of drug-likeness (QED) is 0.604. The molecule has 1 atom stereocenters. The lowest BCUT2D eigenvalue weighted by Gasteiger charge is -2.11. The standard InChI is InChI=1S/C14H19NO2/c1-11(2)8-9-17-14(16)13(15)10-12-6-4-3-5-7-12/h3-7,13H,1,8-10,15H2,2H3/t13-/m0/s1. The predicted molar refractivity (Wildman–Crippen MR) is 68.5 cm³/mol. The molecule has 0 heterocycles. The highest BCUT2D eigenvalue weighted by molar-refractivity contribution is 5.75. The van der Waals surface area contributed by atoms with Gasteiger partial charge in [-0.15, -0.1) is 6.58 Å². The number of nitrogens with two attached hydrogens (primary N) is 1. The summed E-state index contributed by atoms with van der Waals surface area (Å²) >= 11 is 0. The molecule has 0 fully saturated rings. The Bertz CT molecular complexity index is 373. The highest BCUT2D eigenvalue weighted by Crippen LogP contribution is 2.03. The van der Waals surface area contributed by atoms with Crippen molar-refractivity contribution >= 4 is 5.97 Å². The van der Waals surface area contributed by atoms with Gasteiger partial charge in [-0.05, 0) is 18.9 Å². The first-order valence-electron chi connectivity index (χ1n) is 5.70. The fourth-order valence-electron chi connectivity index (χ4n) is 1.38. The van der Waals surface area contributed by atoms with Gasteiger partial charge in [-0.3, -0.25) is 4.79 Å². The fraction of sp³-hybridized carbons (Fsp3) is 0.357. The molecule has 17 heavy (non-hydrogen) atoms. The first-order valence-corrected chi connectivity index (χ1v) is 5.70. The third-order valence-electron chi connectivity index (χ3n) is 2.37. The molecule has 0 bridgehead atoms. The van der Waals surface area contributed by atoms with E-state index in [2.05, 4.69) is 6.58 Å². The third kappa shape index (κ3) is 5.31. The van der Waals surface area contributed by atoms with Crippen LogP contribution in [0.25, 0.3) is 0 Å². The zero-order valence-electron chi connectivity index (χ0n) is 10.2. The topological polar surface area (TPSA) is 52.3 Å². The van der Waals surface area contributed by atoms with Gasteiger partial charge in [0.15, 0.2) is 0 Å². The summed E-state index contributed by atoms with van der Waals surface area (Å²) in [5.74, 6) is -0.352. The summed E-state index contributed by atoms with van der Waals surface area (Å²) in [6, 6.07) is 9.08. The Labute approximate surface area is 102 Å². The van der Waals surface area contributed by atoms with Crippen molar-refractivity contribution in [2.75, 3.05) is 6.61 Å². The number of benzene rings is 1. The number of hydrogen-bond acceptors (Lipinski definition) is 3. The van der Waals surface area contributed by atoms with Crippen molar-refractivity contribution in [2.24, 2.45) is 5.73 Å². The number of hydrogen-bond donors (Lipinski definition) is 1. The summed E-state index contributed by atoms with van der Waals surface area (Å²) in [4.78, 5) is 11.6. The number of rotatable bonds is 6. The minimum absolute atomic E-state index is 0.352. The first kappa shape index (κ1) is 13.5. The van der Waals surface area contributed by atoms with Crippen LogP contribution >= 0.6 is 0 Å². The van der Waals surface area contributed by atoms with Gasteiger partial charge in [0.2, 0.25) is 0 Å². The van der Waals surface area contributed by atoms with E-state index in [1.807, 2.05) is 37.3 Å². The molecule has 1 aromatic carbocycles. The second kappa shape index (κ2) is 6.86. The van der Waals surface area contributed by atoms with Crippen molar-refractivity contribution in [1.29, 1.82) is 0 Å². The van der Waals surface area contributed by atoms with Gasteiger partial charge in [0.05, 0.1) is 6.61 Å². The molecule has 2 N–H and O–H groups in total. The van der Waals surface area contributed by atoms with Crippen LogP contribution in [0.5, 0.6) is 0 Å². The van der Waals surface area contributed by atoms with E-state index in [1.54, 1.807) is 0 Å². The molecular weight excluding hydrogens is 214 g/mol. The van der Waals surface area contributed by atoms with E-state index >= 15 is 0 Å². The largest absolute Gasteiger partial charge is 0.464 e. The van der Waals surface area contributed by atoms with Crippen LogP contribution in [-0.2, 0) is 16.0 Å². The Kier molecular flexibility index (Phi) is 5.43.